The van der Waals surface area contributed by atoms with Gasteiger partial charge in [-0.2, -0.15) is 0 Å². The standard InChI is InChI=1S/C15H18O/c16-10-14-6-5-13-9-12(7-8-15(13)14)11-3-1-2-4-11/h7-11,14H,1-6H2. The highest BCUT2D eigenvalue weighted by molar-refractivity contribution is 5.65. The van der Waals surface area contributed by atoms with E-state index in [4.69, 9.17) is 0 Å². The Kier molecular flexibility index (Phi) is 2.55. The average Bonchev–Trinajstić information content (AvgIpc) is 2.97. The Labute approximate surface area is 96.9 Å². The molecule has 1 heteroatoms. The predicted molar refractivity (Wildman–Crippen MR) is 64.8 cm³/mol. The van der Waals surface area contributed by atoms with Gasteiger partial charge in [0.05, 0.1) is 0 Å². The van der Waals surface area contributed by atoms with Crippen LogP contribution in [0.3, 0.4) is 0 Å². The fourth-order valence-electron chi connectivity index (χ4n) is 3.32. The van der Waals surface area contributed by atoms with E-state index in [2.05, 4.69) is 18.2 Å². The number of carbonyl (C=O) groups is 1. The van der Waals surface area contributed by atoms with Crippen LogP contribution < -0.4 is 0 Å². The van der Waals surface area contributed by atoms with Gasteiger partial charge in [-0.1, -0.05) is 31.0 Å². The van der Waals surface area contributed by atoms with Crippen molar-refractivity contribution in [3.05, 3.63) is 34.9 Å². The highest BCUT2D eigenvalue weighted by Crippen LogP contribution is 2.38. The second-order valence-corrected chi connectivity index (χ2v) is 5.22. The van der Waals surface area contributed by atoms with Crippen molar-refractivity contribution in [1.29, 1.82) is 0 Å². The Balaban J connectivity index is 1.91. The van der Waals surface area contributed by atoms with Gasteiger partial charge in [0.1, 0.15) is 6.29 Å². The van der Waals surface area contributed by atoms with Crippen molar-refractivity contribution in [2.45, 2.75) is 50.4 Å². The van der Waals surface area contributed by atoms with E-state index in [0.717, 1.165) is 25.0 Å². The summed E-state index contributed by atoms with van der Waals surface area (Å²) in [4.78, 5) is 10.9. The molecule has 84 valence electrons. The van der Waals surface area contributed by atoms with Gasteiger partial charge in [0.25, 0.3) is 0 Å². The van der Waals surface area contributed by atoms with Crippen LogP contribution in [0.15, 0.2) is 18.2 Å². The molecule has 0 N–H and O–H groups in total. The number of fused-ring (bicyclic) bond motifs is 1. The Morgan fingerprint density at radius 1 is 1.12 bits per heavy atom. The summed E-state index contributed by atoms with van der Waals surface area (Å²) in [6.07, 6.45) is 8.72. The van der Waals surface area contributed by atoms with E-state index in [1.807, 2.05) is 0 Å². The predicted octanol–water partition coefficient (Wildman–Crippen LogP) is 3.57. The van der Waals surface area contributed by atoms with Gasteiger partial charge < -0.3 is 4.79 Å². The number of benzene rings is 1. The molecule has 2 aliphatic carbocycles. The molecule has 1 fully saturated rings. The molecule has 1 saturated carbocycles. The number of aryl methyl sites for hydroxylation is 1. The number of carbonyl (C=O) groups excluding carboxylic acids is 1. The van der Waals surface area contributed by atoms with Crippen LogP contribution in [0.1, 0.15) is 60.6 Å². The minimum atomic E-state index is 0.174. The van der Waals surface area contributed by atoms with Crippen LogP contribution in [0.4, 0.5) is 0 Å². The zero-order chi connectivity index (χ0) is 11.0. The van der Waals surface area contributed by atoms with Crippen molar-refractivity contribution in [3.8, 4) is 0 Å². The molecular formula is C15H18O. The number of hydrogen-bond acceptors (Lipinski definition) is 1. The van der Waals surface area contributed by atoms with Gasteiger partial charge in [-0.3, -0.25) is 0 Å². The molecule has 0 heterocycles. The minimum absolute atomic E-state index is 0.174. The Hall–Kier alpha value is -1.11. The van der Waals surface area contributed by atoms with E-state index < -0.39 is 0 Å². The summed E-state index contributed by atoms with van der Waals surface area (Å²) in [6, 6.07) is 6.83. The van der Waals surface area contributed by atoms with E-state index in [-0.39, 0.29) is 5.92 Å². The van der Waals surface area contributed by atoms with Crippen LogP contribution in [0, 0.1) is 0 Å². The van der Waals surface area contributed by atoms with E-state index in [9.17, 15) is 4.79 Å². The molecular weight excluding hydrogens is 196 g/mol. The lowest BCUT2D eigenvalue weighted by atomic mass is 9.93. The summed E-state index contributed by atoms with van der Waals surface area (Å²) in [5.41, 5.74) is 4.24. The molecule has 0 radical (unpaired) electrons. The maximum absolute atomic E-state index is 10.9. The van der Waals surface area contributed by atoms with Gasteiger partial charge in [-0.15, -0.1) is 0 Å². The van der Waals surface area contributed by atoms with Crippen molar-refractivity contribution in [3.63, 3.8) is 0 Å². The van der Waals surface area contributed by atoms with Crippen molar-refractivity contribution in [2.24, 2.45) is 0 Å². The first-order valence-corrected chi connectivity index (χ1v) is 6.46. The zero-order valence-corrected chi connectivity index (χ0v) is 9.61. The number of aldehydes is 1. The molecule has 3 rings (SSSR count). The third-order valence-electron chi connectivity index (χ3n) is 4.28. The lowest BCUT2D eigenvalue weighted by Crippen LogP contribution is -1.97. The highest BCUT2D eigenvalue weighted by Gasteiger charge is 2.24. The maximum atomic E-state index is 10.9. The Morgan fingerprint density at radius 3 is 2.69 bits per heavy atom. The van der Waals surface area contributed by atoms with Crippen molar-refractivity contribution in [2.75, 3.05) is 0 Å². The average molecular weight is 214 g/mol. The van der Waals surface area contributed by atoms with Crippen molar-refractivity contribution >= 4 is 6.29 Å². The van der Waals surface area contributed by atoms with Crippen molar-refractivity contribution < 1.29 is 4.79 Å². The summed E-state index contributed by atoms with van der Waals surface area (Å²) in [5, 5.41) is 0. The first-order chi connectivity index (χ1) is 7.88. The summed E-state index contributed by atoms with van der Waals surface area (Å²) in [5.74, 6) is 0.966. The van der Waals surface area contributed by atoms with Gasteiger partial charge in [0, 0.05) is 5.92 Å². The summed E-state index contributed by atoms with van der Waals surface area (Å²) < 4.78 is 0. The van der Waals surface area contributed by atoms with Gasteiger partial charge in [0.15, 0.2) is 0 Å². The molecule has 0 amide bonds. The molecule has 0 aliphatic heterocycles. The highest BCUT2D eigenvalue weighted by atomic mass is 16.1. The second kappa shape index (κ2) is 4.04. The van der Waals surface area contributed by atoms with E-state index >= 15 is 0 Å². The van der Waals surface area contributed by atoms with Crippen LogP contribution in [0.25, 0.3) is 0 Å². The van der Waals surface area contributed by atoms with Gasteiger partial charge in [-0.25, -0.2) is 0 Å². The normalized spacial score (nSPS) is 24.6. The molecule has 1 atom stereocenters. The molecule has 0 saturated heterocycles. The molecule has 0 bridgehead atoms. The van der Waals surface area contributed by atoms with Gasteiger partial charge in [-0.05, 0) is 48.3 Å². The fourth-order valence-corrected chi connectivity index (χ4v) is 3.32. The number of rotatable bonds is 2. The molecule has 0 aromatic heterocycles. The van der Waals surface area contributed by atoms with Crippen LogP contribution >= 0.6 is 0 Å². The third kappa shape index (κ3) is 1.59. The molecule has 16 heavy (non-hydrogen) atoms. The Morgan fingerprint density at radius 2 is 1.94 bits per heavy atom. The van der Waals surface area contributed by atoms with E-state index in [0.29, 0.717) is 0 Å². The SMILES string of the molecule is O=CC1CCc2cc(C3CCCC3)ccc21. The maximum Gasteiger partial charge on any atom is 0.127 e. The lowest BCUT2D eigenvalue weighted by molar-refractivity contribution is -0.109. The Bertz CT molecular complexity index is 402. The van der Waals surface area contributed by atoms with Gasteiger partial charge >= 0.3 is 0 Å². The summed E-state index contributed by atoms with van der Waals surface area (Å²) >= 11 is 0. The quantitative estimate of drug-likeness (QED) is 0.688. The van der Waals surface area contributed by atoms with E-state index in [1.165, 1.54) is 42.4 Å². The largest absolute Gasteiger partial charge is 0.303 e. The number of hydrogen-bond donors (Lipinski definition) is 0. The topological polar surface area (TPSA) is 17.1 Å². The molecule has 1 unspecified atom stereocenters. The van der Waals surface area contributed by atoms with Crippen molar-refractivity contribution in [1.82, 2.24) is 0 Å². The van der Waals surface area contributed by atoms with Gasteiger partial charge in [0.2, 0.25) is 0 Å². The molecule has 1 aromatic carbocycles. The van der Waals surface area contributed by atoms with Crippen LogP contribution in [0.2, 0.25) is 0 Å². The smallest absolute Gasteiger partial charge is 0.127 e. The fraction of sp³-hybridized carbons (Fsp3) is 0.533. The van der Waals surface area contributed by atoms with E-state index in [1.54, 1.807) is 0 Å². The molecule has 1 nitrogen and oxygen atoms in total. The summed E-state index contributed by atoms with van der Waals surface area (Å²) in [7, 11) is 0. The first-order valence-electron chi connectivity index (χ1n) is 6.46. The molecule has 0 spiro atoms. The second-order valence-electron chi connectivity index (χ2n) is 5.22. The molecule has 2 aliphatic rings. The first kappa shape index (κ1) is 10.1. The van der Waals surface area contributed by atoms with Crippen LogP contribution in [-0.2, 0) is 11.2 Å². The monoisotopic (exact) mass is 214 g/mol. The summed E-state index contributed by atoms with van der Waals surface area (Å²) in [6.45, 7) is 0. The van der Waals surface area contributed by atoms with Crippen LogP contribution in [-0.4, -0.2) is 6.29 Å². The van der Waals surface area contributed by atoms with Crippen LogP contribution in [0.5, 0.6) is 0 Å². The third-order valence-corrected chi connectivity index (χ3v) is 4.28. The zero-order valence-electron chi connectivity index (χ0n) is 9.61. The minimum Gasteiger partial charge on any atom is -0.303 e. The lowest BCUT2D eigenvalue weighted by Gasteiger charge is -2.12. The molecule has 1 aromatic rings.